The van der Waals surface area contributed by atoms with Crippen LogP contribution in [0.3, 0.4) is 0 Å². The molecule has 2 heterocycles. The number of rotatable bonds is 5. The fourth-order valence-corrected chi connectivity index (χ4v) is 6.22. The SMILES string of the molecule is CCc1c(C(=O)N2CCOc3ccc(-c4ccc(-c5nc6ccc(Cl)cc6[nH]5)cc4)cc3C2)ccc(S(C)(=O)=O)c1F. The molecule has 5 aromatic rings. The highest BCUT2D eigenvalue weighted by Crippen LogP contribution is 2.32. The molecule has 0 saturated heterocycles. The molecule has 0 aliphatic carbocycles. The molecule has 1 N–H and O–H groups in total. The molecular weight excluding hydrogens is 577 g/mol. The van der Waals surface area contributed by atoms with Crippen LogP contribution in [0.1, 0.15) is 28.4 Å². The van der Waals surface area contributed by atoms with Gasteiger partial charge in [0, 0.05) is 40.1 Å². The van der Waals surface area contributed by atoms with Crippen LogP contribution in [0.2, 0.25) is 5.02 Å². The third kappa shape index (κ3) is 5.26. The molecule has 1 aliphatic heterocycles. The number of hydrogen-bond donors (Lipinski definition) is 1. The molecule has 0 unspecified atom stereocenters. The van der Waals surface area contributed by atoms with Gasteiger partial charge in [0.2, 0.25) is 0 Å². The number of H-pyrrole nitrogens is 1. The summed E-state index contributed by atoms with van der Waals surface area (Å²) in [6.07, 6.45) is 1.13. The summed E-state index contributed by atoms with van der Waals surface area (Å²) in [4.78, 5) is 22.8. The van der Waals surface area contributed by atoms with Crippen LogP contribution in [-0.4, -0.2) is 48.6 Å². The van der Waals surface area contributed by atoms with Crippen molar-refractivity contribution in [2.45, 2.75) is 24.8 Å². The van der Waals surface area contributed by atoms with Gasteiger partial charge in [0.1, 0.15) is 28.9 Å². The zero-order valence-electron chi connectivity index (χ0n) is 22.9. The van der Waals surface area contributed by atoms with Gasteiger partial charge in [-0.3, -0.25) is 4.79 Å². The van der Waals surface area contributed by atoms with Crippen LogP contribution in [0.25, 0.3) is 33.5 Å². The summed E-state index contributed by atoms with van der Waals surface area (Å²) < 4.78 is 45.1. The standard InChI is InChI=1S/C32H27ClFN3O4S/c1-3-24-25(10-13-29(30(24)34)42(2,39)40)32(38)37-14-15-41-28-12-8-21(16-22(28)18-37)19-4-6-20(7-5-19)31-35-26-11-9-23(33)17-27(26)36-31/h4-13,16-17H,3,14-15,18H2,1-2H3,(H,35,36). The third-order valence-corrected chi connectivity index (χ3v) is 8.80. The molecule has 7 nitrogen and oxygen atoms in total. The minimum atomic E-state index is -3.77. The molecule has 214 valence electrons. The van der Waals surface area contributed by atoms with Gasteiger partial charge in [-0.25, -0.2) is 17.8 Å². The molecule has 10 heteroatoms. The van der Waals surface area contributed by atoms with Crippen LogP contribution in [0.4, 0.5) is 4.39 Å². The first-order valence-electron chi connectivity index (χ1n) is 13.4. The number of nitrogens with zero attached hydrogens (tertiary/aromatic N) is 2. The van der Waals surface area contributed by atoms with Gasteiger partial charge in [-0.05, 0) is 60.0 Å². The number of hydrogen-bond acceptors (Lipinski definition) is 5. The van der Waals surface area contributed by atoms with Gasteiger partial charge in [0.05, 0.1) is 17.6 Å². The monoisotopic (exact) mass is 603 g/mol. The highest BCUT2D eigenvalue weighted by Gasteiger charge is 2.27. The highest BCUT2D eigenvalue weighted by atomic mass is 35.5. The molecule has 42 heavy (non-hydrogen) atoms. The number of amides is 1. The molecule has 1 aromatic heterocycles. The van der Waals surface area contributed by atoms with Crippen LogP contribution in [0.15, 0.2) is 77.7 Å². The zero-order valence-corrected chi connectivity index (χ0v) is 24.5. The van der Waals surface area contributed by atoms with E-state index in [9.17, 15) is 13.2 Å². The van der Waals surface area contributed by atoms with E-state index in [4.69, 9.17) is 16.3 Å². The Bertz CT molecular complexity index is 1960. The Balaban J connectivity index is 1.27. The number of ether oxygens (including phenoxy) is 1. The van der Waals surface area contributed by atoms with E-state index < -0.39 is 20.5 Å². The molecule has 1 amide bonds. The highest BCUT2D eigenvalue weighted by molar-refractivity contribution is 7.90. The molecule has 0 spiro atoms. The van der Waals surface area contributed by atoms with Gasteiger partial charge in [0.15, 0.2) is 9.84 Å². The van der Waals surface area contributed by atoms with Gasteiger partial charge < -0.3 is 14.6 Å². The van der Waals surface area contributed by atoms with Crippen LogP contribution in [-0.2, 0) is 22.8 Å². The molecule has 0 radical (unpaired) electrons. The van der Waals surface area contributed by atoms with Crippen molar-refractivity contribution in [2.24, 2.45) is 0 Å². The van der Waals surface area contributed by atoms with Crippen molar-refractivity contribution in [2.75, 3.05) is 19.4 Å². The lowest BCUT2D eigenvalue weighted by atomic mass is 10.00. The molecule has 6 rings (SSSR count). The van der Waals surface area contributed by atoms with Gasteiger partial charge in [-0.2, -0.15) is 0 Å². The van der Waals surface area contributed by atoms with E-state index in [1.165, 1.54) is 12.1 Å². The maximum Gasteiger partial charge on any atom is 0.254 e. The van der Waals surface area contributed by atoms with Crippen LogP contribution in [0, 0.1) is 5.82 Å². The van der Waals surface area contributed by atoms with Gasteiger partial charge >= 0.3 is 0 Å². The Morgan fingerprint density at radius 2 is 1.76 bits per heavy atom. The summed E-state index contributed by atoms with van der Waals surface area (Å²) in [7, 11) is -3.77. The molecule has 0 atom stereocenters. The zero-order chi connectivity index (χ0) is 29.6. The number of sulfone groups is 1. The number of imidazole rings is 1. The number of aromatic nitrogens is 2. The quantitative estimate of drug-likeness (QED) is 0.242. The van der Waals surface area contributed by atoms with Crippen molar-refractivity contribution >= 4 is 38.4 Å². The molecule has 0 fully saturated rings. The van der Waals surface area contributed by atoms with E-state index in [0.29, 0.717) is 17.3 Å². The van der Waals surface area contributed by atoms with Crippen molar-refractivity contribution in [3.63, 3.8) is 0 Å². The average molecular weight is 604 g/mol. The number of benzene rings is 4. The number of halogens is 2. The van der Waals surface area contributed by atoms with Gasteiger partial charge in [0.25, 0.3) is 5.91 Å². The first-order chi connectivity index (χ1) is 20.1. The number of nitrogens with one attached hydrogen (secondary N) is 1. The third-order valence-electron chi connectivity index (χ3n) is 7.45. The molecule has 0 saturated carbocycles. The topological polar surface area (TPSA) is 92.4 Å². The molecular formula is C32H27ClFN3O4S. The average Bonchev–Trinajstić information content (AvgIpc) is 3.27. The summed E-state index contributed by atoms with van der Waals surface area (Å²) in [5, 5.41) is 0.642. The Morgan fingerprint density at radius 3 is 2.50 bits per heavy atom. The number of fused-ring (bicyclic) bond motifs is 2. The second-order valence-electron chi connectivity index (χ2n) is 10.3. The van der Waals surface area contributed by atoms with Crippen LogP contribution >= 0.6 is 11.6 Å². The summed E-state index contributed by atoms with van der Waals surface area (Å²) in [6.45, 7) is 2.55. The minimum absolute atomic E-state index is 0.0923. The van der Waals surface area contributed by atoms with Crippen LogP contribution in [0.5, 0.6) is 5.75 Å². The van der Waals surface area contributed by atoms with Crippen LogP contribution < -0.4 is 4.74 Å². The first kappa shape index (κ1) is 27.9. The summed E-state index contributed by atoms with van der Waals surface area (Å²) >= 11 is 6.11. The maximum absolute atomic E-state index is 15.1. The Labute approximate surface area is 247 Å². The lowest BCUT2D eigenvalue weighted by molar-refractivity contribution is 0.0731. The van der Waals surface area contributed by atoms with E-state index in [1.54, 1.807) is 11.8 Å². The van der Waals surface area contributed by atoms with E-state index in [2.05, 4.69) is 9.97 Å². The van der Waals surface area contributed by atoms with Crippen molar-refractivity contribution in [3.05, 3.63) is 100 Å². The number of carbonyl (C=O) groups is 1. The predicted octanol–water partition coefficient (Wildman–Crippen LogP) is 6.69. The molecule has 1 aliphatic rings. The van der Waals surface area contributed by atoms with Crippen molar-refractivity contribution in [3.8, 4) is 28.3 Å². The Hall–Kier alpha value is -4.21. The van der Waals surface area contributed by atoms with E-state index in [-0.39, 0.29) is 36.6 Å². The van der Waals surface area contributed by atoms with Crippen molar-refractivity contribution in [1.82, 2.24) is 14.9 Å². The normalized spacial score (nSPS) is 13.5. The predicted molar refractivity (Wildman–Crippen MR) is 161 cm³/mol. The fourth-order valence-electron chi connectivity index (χ4n) is 5.29. The second kappa shape index (κ2) is 10.9. The number of carbonyl (C=O) groups excluding carboxylic acids is 1. The Morgan fingerprint density at radius 1 is 1.02 bits per heavy atom. The second-order valence-corrected chi connectivity index (χ2v) is 12.7. The summed E-state index contributed by atoms with van der Waals surface area (Å²) in [5.41, 5.74) is 5.64. The summed E-state index contributed by atoms with van der Waals surface area (Å²) in [5.74, 6) is 0.190. The summed E-state index contributed by atoms with van der Waals surface area (Å²) in [6, 6.07) is 22.0. The smallest absolute Gasteiger partial charge is 0.254 e. The van der Waals surface area contributed by atoms with Gasteiger partial charge in [-0.1, -0.05) is 48.9 Å². The fraction of sp³-hybridized carbons (Fsp3) is 0.188. The van der Waals surface area contributed by atoms with E-state index in [1.807, 2.05) is 60.7 Å². The van der Waals surface area contributed by atoms with E-state index in [0.717, 1.165) is 45.4 Å². The lowest BCUT2D eigenvalue weighted by Crippen LogP contribution is -2.33. The van der Waals surface area contributed by atoms with Gasteiger partial charge in [-0.15, -0.1) is 0 Å². The largest absolute Gasteiger partial charge is 0.491 e. The van der Waals surface area contributed by atoms with E-state index >= 15 is 4.39 Å². The minimum Gasteiger partial charge on any atom is -0.491 e. The lowest BCUT2D eigenvalue weighted by Gasteiger charge is -2.22. The first-order valence-corrected chi connectivity index (χ1v) is 15.7. The number of aromatic amines is 1. The maximum atomic E-state index is 15.1. The van der Waals surface area contributed by atoms with Crippen molar-refractivity contribution in [1.29, 1.82) is 0 Å². The molecule has 0 bridgehead atoms. The Kier molecular flexibility index (Phi) is 7.24. The molecule has 4 aromatic carbocycles. The van der Waals surface area contributed by atoms with Crippen molar-refractivity contribution < 1.29 is 22.3 Å².